The van der Waals surface area contributed by atoms with E-state index in [0.29, 0.717) is 34.5 Å². The van der Waals surface area contributed by atoms with Gasteiger partial charge >= 0.3 is 0 Å². The molecular weight excluding hydrogens is 672 g/mol. The highest BCUT2D eigenvalue weighted by atomic mass is 35.5. The molecule has 5 aromatic heterocycles. The molecule has 0 spiro atoms. The van der Waals surface area contributed by atoms with Crippen molar-refractivity contribution in [1.82, 2.24) is 24.9 Å². The Balaban J connectivity index is 0.000000331. The molecule has 5 heterocycles. The number of hydrogen-bond donors (Lipinski definition) is 0. The topological polar surface area (TPSA) is 88.2 Å². The summed E-state index contributed by atoms with van der Waals surface area (Å²) in [4.78, 5) is 20.5. The number of aryl methyl sites for hydroxylation is 2. The highest BCUT2D eigenvalue weighted by molar-refractivity contribution is 6.30. The molecule has 5 rings (SSSR count). The number of halogens is 1. The fourth-order valence-electron chi connectivity index (χ4n) is 5.19. The Bertz CT molecular complexity index is 1770. The van der Waals surface area contributed by atoms with Crippen LogP contribution in [0.1, 0.15) is 150 Å². The molecule has 0 aliphatic carbocycles. The van der Waals surface area contributed by atoms with E-state index in [1.54, 1.807) is 18.6 Å². The molecule has 5 aromatic rings. The first-order valence-corrected chi connectivity index (χ1v) is 18.5. The van der Waals surface area contributed by atoms with E-state index in [0.717, 1.165) is 33.8 Å². The predicted octanol–water partition coefficient (Wildman–Crippen LogP) is 12.3. The van der Waals surface area contributed by atoms with Crippen LogP contribution in [-0.2, 0) is 5.41 Å². The van der Waals surface area contributed by atoms with Gasteiger partial charge in [-0.25, -0.2) is 15.0 Å². The monoisotopic (exact) mass is 730 g/mol. The predicted molar refractivity (Wildman–Crippen MR) is 223 cm³/mol. The first kappa shape index (κ1) is 46.1. The molecule has 280 valence electrons. The number of rotatable bonds is 4. The third kappa shape index (κ3) is 16.5. The quantitative estimate of drug-likeness (QED) is 0.135. The first-order valence-electron chi connectivity index (χ1n) is 18.2. The van der Waals surface area contributed by atoms with Gasteiger partial charge in [0.2, 0.25) is 0 Å². The van der Waals surface area contributed by atoms with Crippen LogP contribution in [0, 0.1) is 37.5 Å². The van der Waals surface area contributed by atoms with Crippen molar-refractivity contribution in [3.63, 3.8) is 0 Å². The van der Waals surface area contributed by atoms with Gasteiger partial charge in [-0.2, -0.15) is 5.26 Å². The summed E-state index contributed by atoms with van der Waals surface area (Å²) in [7, 11) is 0. The van der Waals surface area contributed by atoms with Crippen LogP contribution in [0.3, 0.4) is 0 Å². The van der Waals surface area contributed by atoms with Crippen molar-refractivity contribution in [1.29, 1.82) is 5.26 Å². The molecule has 0 atom stereocenters. The zero-order chi connectivity index (χ0) is 40.1. The Labute approximate surface area is 325 Å². The van der Waals surface area contributed by atoms with Gasteiger partial charge in [0.05, 0.1) is 0 Å². The number of aromatic nitrogens is 5. The average Bonchev–Trinajstić information content (AvgIpc) is 3.12. The maximum Gasteiger partial charge on any atom is 0.143 e. The summed E-state index contributed by atoms with van der Waals surface area (Å²) in [6.07, 6.45) is 14.0. The van der Waals surface area contributed by atoms with E-state index in [2.05, 4.69) is 139 Å². The SMILES string of the molecule is C#Cc1ncccc1C(C)C.CC(C)c1cccnc1C#N.CC(C)c1cccnc1Cl.Cc1ncccc1C(C)(C)C.Cc1ncccc1C(C)C. The highest BCUT2D eigenvalue weighted by Crippen LogP contribution is 2.24. The minimum atomic E-state index is 0.221. The fraction of sp³-hybridized carbons (Fsp3) is 0.391. The van der Waals surface area contributed by atoms with Crippen molar-refractivity contribution >= 4 is 11.6 Å². The van der Waals surface area contributed by atoms with Crippen molar-refractivity contribution in [3.8, 4) is 18.4 Å². The molecule has 53 heavy (non-hydrogen) atoms. The summed E-state index contributed by atoms with van der Waals surface area (Å²) in [5, 5.41) is 9.28. The van der Waals surface area contributed by atoms with Crippen molar-refractivity contribution in [2.75, 3.05) is 0 Å². The van der Waals surface area contributed by atoms with Crippen LogP contribution in [0.15, 0.2) is 91.6 Å². The molecule has 0 aromatic carbocycles. The molecule has 0 amide bonds. The molecule has 0 aliphatic heterocycles. The Kier molecular flexibility index (Phi) is 20.5. The third-order valence-corrected chi connectivity index (χ3v) is 8.37. The summed E-state index contributed by atoms with van der Waals surface area (Å²) in [5.74, 6) is 4.44. The summed E-state index contributed by atoms with van der Waals surface area (Å²) in [6.45, 7) is 27.6. The number of hydrogen-bond acceptors (Lipinski definition) is 6. The van der Waals surface area contributed by atoms with Crippen LogP contribution in [0.25, 0.3) is 0 Å². The zero-order valence-electron chi connectivity index (χ0n) is 34.1. The Hall–Kier alpha value is -4.91. The van der Waals surface area contributed by atoms with Gasteiger partial charge in [-0.1, -0.05) is 118 Å². The van der Waals surface area contributed by atoms with Crippen molar-refractivity contribution < 1.29 is 0 Å². The molecular formula is C46H59ClN6. The summed E-state index contributed by atoms with van der Waals surface area (Å²) >= 11 is 5.81. The van der Waals surface area contributed by atoms with Crippen molar-refractivity contribution in [3.05, 3.63) is 147 Å². The second kappa shape index (κ2) is 23.6. The lowest BCUT2D eigenvalue weighted by Gasteiger charge is -2.20. The van der Waals surface area contributed by atoms with E-state index in [-0.39, 0.29) is 5.41 Å². The largest absolute Gasteiger partial charge is 0.261 e. The van der Waals surface area contributed by atoms with Gasteiger partial charge < -0.3 is 0 Å². The molecule has 0 unspecified atom stereocenters. The molecule has 0 radical (unpaired) electrons. The van der Waals surface area contributed by atoms with Crippen LogP contribution in [0.4, 0.5) is 0 Å². The number of nitrogens with zero attached hydrogens (tertiary/aromatic N) is 6. The Morgan fingerprint density at radius 2 is 0.925 bits per heavy atom. The zero-order valence-corrected chi connectivity index (χ0v) is 34.9. The molecule has 6 nitrogen and oxygen atoms in total. The van der Waals surface area contributed by atoms with E-state index < -0.39 is 0 Å². The third-order valence-electron chi connectivity index (χ3n) is 8.06. The molecule has 0 N–H and O–H groups in total. The van der Waals surface area contributed by atoms with E-state index >= 15 is 0 Å². The molecule has 7 heteroatoms. The van der Waals surface area contributed by atoms with Gasteiger partial charge in [0.15, 0.2) is 0 Å². The van der Waals surface area contributed by atoms with Gasteiger partial charge in [0.1, 0.15) is 22.6 Å². The second-order valence-corrected chi connectivity index (χ2v) is 15.1. The van der Waals surface area contributed by atoms with Gasteiger partial charge in [-0.05, 0) is 107 Å². The lowest BCUT2D eigenvalue weighted by atomic mass is 9.86. The highest BCUT2D eigenvalue weighted by Gasteiger charge is 2.15. The fourth-order valence-corrected chi connectivity index (χ4v) is 5.53. The lowest BCUT2D eigenvalue weighted by Crippen LogP contribution is -2.13. The maximum atomic E-state index is 8.65. The summed E-state index contributed by atoms with van der Waals surface area (Å²) < 4.78 is 0. The Morgan fingerprint density at radius 3 is 1.23 bits per heavy atom. The van der Waals surface area contributed by atoms with Crippen LogP contribution in [0.2, 0.25) is 5.15 Å². The smallest absolute Gasteiger partial charge is 0.143 e. The van der Waals surface area contributed by atoms with Gasteiger partial charge in [0, 0.05) is 42.4 Å². The molecule has 0 fully saturated rings. The molecule has 0 bridgehead atoms. The lowest BCUT2D eigenvalue weighted by molar-refractivity contribution is 0.582. The molecule has 0 saturated carbocycles. The maximum absolute atomic E-state index is 8.65. The standard InChI is InChI=1S/C10H15N.C10H11N.C9H10N2.C9H13N.C8H10ClN/c1-8-9(10(2,3)4)6-5-7-11-8;1-4-10-9(8(2)3)6-5-7-11-10;1-7(2)8-4-3-5-11-9(8)6-10;1-7(2)9-5-4-6-10-8(9)3;1-6(2)7-4-3-5-10-8(7)9/h5-7H,1-4H3;1,5-8H,2-3H3;3-5,7H,1-2H3;4-7H,1-3H3;3-6H,1-2H3. The minimum Gasteiger partial charge on any atom is -0.261 e. The number of pyridine rings is 5. The summed E-state index contributed by atoms with van der Waals surface area (Å²) in [5.41, 5.74) is 9.79. The summed E-state index contributed by atoms with van der Waals surface area (Å²) in [6, 6.07) is 22.0. The van der Waals surface area contributed by atoms with E-state index in [1.165, 1.54) is 11.1 Å². The van der Waals surface area contributed by atoms with E-state index in [1.807, 2.05) is 60.9 Å². The number of nitriles is 1. The van der Waals surface area contributed by atoms with Crippen molar-refractivity contribution in [2.24, 2.45) is 0 Å². The second-order valence-electron chi connectivity index (χ2n) is 14.7. The van der Waals surface area contributed by atoms with Gasteiger partial charge in [-0.15, -0.1) is 6.42 Å². The van der Waals surface area contributed by atoms with Crippen LogP contribution < -0.4 is 0 Å². The van der Waals surface area contributed by atoms with E-state index in [4.69, 9.17) is 23.3 Å². The van der Waals surface area contributed by atoms with Crippen LogP contribution in [0.5, 0.6) is 0 Å². The van der Waals surface area contributed by atoms with Gasteiger partial charge in [0.25, 0.3) is 0 Å². The molecule has 0 aliphatic rings. The number of terminal acetylenes is 1. The minimum absolute atomic E-state index is 0.221. The molecule has 0 saturated heterocycles. The van der Waals surface area contributed by atoms with Crippen molar-refractivity contribution in [2.45, 2.75) is 119 Å². The average molecular weight is 731 g/mol. The van der Waals surface area contributed by atoms with Gasteiger partial charge in [-0.3, -0.25) is 9.97 Å². The first-order chi connectivity index (χ1) is 25.0. The normalized spacial score (nSPS) is 10.3. The Morgan fingerprint density at radius 1 is 0.547 bits per heavy atom. The van der Waals surface area contributed by atoms with E-state index in [9.17, 15) is 0 Å². The van der Waals surface area contributed by atoms with Crippen LogP contribution in [-0.4, -0.2) is 24.9 Å². The van der Waals surface area contributed by atoms with Crippen LogP contribution >= 0.6 is 11.6 Å².